The highest BCUT2D eigenvalue weighted by Crippen LogP contribution is 2.16. The fourth-order valence-corrected chi connectivity index (χ4v) is 1.08. The van der Waals surface area contributed by atoms with Crippen LogP contribution in [0.4, 0.5) is 0 Å². The summed E-state index contributed by atoms with van der Waals surface area (Å²) in [5.74, 6) is 0. The molecule has 0 spiro atoms. The van der Waals surface area contributed by atoms with Crippen molar-refractivity contribution in [2.75, 3.05) is 6.61 Å². The zero-order valence-corrected chi connectivity index (χ0v) is 6.05. The summed E-state index contributed by atoms with van der Waals surface area (Å²) in [5, 5.41) is 26.8. The van der Waals surface area contributed by atoms with Crippen LogP contribution in [-0.4, -0.2) is 46.5 Å². The van der Waals surface area contributed by atoms with Gasteiger partial charge in [0.15, 0.2) is 6.29 Å². The zero-order chi connectivity index (χ0) is 8.43. The van der Waals surface area contributed by atoms with Crippen LogP contribution in [0, 0.1) is 0 Å². The number of aliphatic hydroxyl groups is 3. The molecule has 0 saturated carbocycles. The predicted molar refractivity (Wildman–Crippen MR) is 36.6 cm³/mol. The van der Waals surface area contributed by atoms with Crippen molar-refractivity contribution in [1.29, 1.82) is 0 Å². The minimum Gasteiger partial charge on any atom is -0.394 e. The molecule has 0 aromatic rings. The molecule has 1 saturated heterocycles. The van der Waals surface area contributed by atoms with Gasteiger partial charge in [0.05, 0.1) is 18.8 Å². The van der Waals surface area contributed by atoms with Gasteiger partial charge in [-0.1, -0.05) is 0 Å². The number of rotatable bonds is 1. The summed E-state index contributed by atoms with van der Waals surface area (Å²) in [6.45, 7) is -0.301. The Labute approximate surface area is 64.4 Å². The highest BCUT2D eigenvalue weighted by Gasteiger charge is 2.33. The van der Waals surface area contributed by atoms with Gasteiger partial charge in [0.25, 0.3) is 0 Å². The topological polar surface area (TPSA) is 95.9 Å². The first-order valence-corrected chi connectivity index (χ1v) is 3.53. The predicted octanol–water partition coefficient (Wildman–Crippen LogP) is -2.23. The lowest BCUT2D eigenvalue weighted by Crippen LogP contribution is -2.52. The molecular weight excluding hydrogens is 150 g/mol. The smallest absolute Gasteiger partial charge is 0.170 e. The van der Waals surface area contributed by atoms with Crippen LogP contribution >= 0.6 is 0 Å². The van der Waals surface area contributed by atoms with Crippen LogP contribution in [0.2, 0.25) is 0 Å². The van der Waals surface area contributed by atoms with Crippen molar-refractivity contribution in [3.8, 4) is 0 Å². The third-order valence-corrected chi connectivity index (χ3v) is 1.80. The molecule has 1 aliphatic heterocycles. The van der Waals surface area contributed by atoms with Crippen LogP contribution in [-0.2, 0) is 4.74 Å². The Balaban J connectivity index is 2.48. The van der Waals surface area contributed by atoms with Crippen molar-refractivity contribution < 1.29 is 20.1 Å². The van der Waals surface area contributed by atoms with E-state index in [2.05, 4.69) is 0 Å². The molecule has 5 N–H and O–H groups in total. The number of aliphatic hydroxyl groups excluding tert-OH is 3. The van der Waals surface area contributed by atoms with Crippen LogP contribution < -0.4 is 5.73 Å². The second kappa shape index (κ2) is 3.46. The zero-order valence-electron chi connectivity index (χ0n) is 6.05. The molecular formula is C6H13NO4. The van der Waals surface area contributed by atoms with Crippen molar-refractivity contribution in [3.63, 3.8) is 0 Å². The van der Waals surface area contributed by atoms with E-state index in [1.165, 1.54) is 0 Å². The second-order valence-corrected chi connectivity index (χ2v) is 2.71. The molecule has 0 unspecified atom stereocenters. The maximum atomic E-state index is 9.18. The standard InChI is InChI=1S/C6H13NO4/c7-3-1-4(9)5(2-8)11-6(3)10/h3-6,8-10H,1-2,7H2/t3-,4+,5-,6-/m0/s1. The Kier molecular flexibility index (Phi) is 2.80. The van der Waals surface area contributed by atoms with E-state index in [9.17, 15) is 5.11 Å². The van der Waals surface area contributed by atoms with Crippen LogP contribution in [0.25, 0.3) is 0 Å². The van der Waals surface area contributed by atoms with E-state index in [0.29, 0.717) is 0 Å². The molecule has 1 rings (SSSR count). The lowest BCUT2D eigenvalue weighted by molar-refractivity contribution is -0.216. The van der Waals surface area contributed by atoms with Gasteiger partial charge in [-0.25, -0.2) is 0 Å². The van der Waals surface area contributed by atoms with E-state index in [-0.39, 0.29) is 13.0 Å². The van der Waals surface area contributed by atoms with E-state index < -0.39 is 24.5 Å². The highest BCUT2D eigenvalue weighted by molar-refractivity contribution is 4.81. The van der Waals surface area contributed by atoms with Crippen LogP contribution in [0.3, 0.4) is 0 Å². The Bertz CT molecular complexity index is 132. The van der Waals surface area contributed by atoms with Gasteiger partial charge in [0.1, 0.15) is 6.10 Å². The van der Waals surface area contributed by atoms with Gasteiger partial charge in [0, 0.05) is 0 Å². The quantitative estimate of drug-likeness (QED) is 0.351. The molecule has 1 heterocycles. The minimum atomic E-state index is -1.07. The van der Waals surface area contributed by atoms with E-state index in [4.69, 9.17) is 20.7 Å². The van der Waals surface area contributed by atoms with E-state index >= 15 is 0 Å². The molecule has 66 valence electrons. The Morgan fingerprint density at radius 1 is 1.45 bits per heavy atom. The van der Waals surface area contributed by atoms with Gasteiger partial charge in [-0.2, -0.15) is 0 Å². The van der Waals surface area contributed by atoms with Gasteiger partial charge in [-0.05, 0) is 6.42 Å². The fraction of sp³-hybridized carbons (Fsp3) is 1.00. The molecule has 0 radical (unpaired) electrons. The average molecular weight is 163 g/mol. The summed E-state index contributed by atoms with van der Waals surface area (Å²) in [4.78, 5) is 0. The summed E-state index contributed by atoms with van der Waals surface area (Å²) >= 11 is 0. The lowest BCUT2D eigenvalue weighted by Gasteiger charge is -2.34. The largest absolute Gasteiger partial charge is 0.394 e. The maximum absolute atomic E-state index is 9.18. The monoisotopic (exact) mass is 163 g/mol. The van der Waals surface area contributed by atoms with E-state index in [1.54, 1.807) is 0 Å². The lowest BCUT2D eigenvalue weighted by atomic mass is 10.0. The Morgan fingerprint density at radius 3 is 2.64 bits per heavy atom. The van der Waals surface area contributed by atoms with Crippen molar-refractivity contribution in [3.05, 3.63) is 0 Å². The van der Waals surface area contributed by atoms with Gasteiger partial charge in [-0.3, -0.25) is 0 Å². The van der Waals surface area contributed by atoms with Crippen molar-refractivity contribution in [2.45, 2.75) is 31.0 Å². The second-order valence-electron chi connectivity index (χ2n) is 2.71. The van der Waals surface area contributed by atoms with Crippen molar-refractivity contribution >= 4 is 0 Å². The molecule has 0 bridgehead atoms. The van der Waals surface area contributed by atoms with Gasteiger partial charge in [-0.15, -0.1) is 0 Å². The first-order chi connectivity index (χ1) is 5.15. The molecule has 0 aromatic carbocycles. The third-order valence-electron chi connectivity index (χ3n) is 1.80. The molecule has 5 nitrogen and oxygen atoms in total. The number of ether oxygens (including phenoxy) is 1. The third kappa shape index (κ3) is 1.88. The van der Waals surface area contributed by atoms with Crippen molar-refractivity contribution in [2.24, 2.45) is 5.73 Å². The molecule has 11 heavy (non-hydrogen) atoms. The number of hydrogen-bond donors (Lipinski definition) is 4. The molecule has 5 heteroatoms. The van der Waals surface area contributed by atoms with Crippen LogP contribution in [0.5, 0.6) is 0 Å². The van der Waals surface area contributed by atoms with E-state index in [0.717, 1.165) is 0 Å². The first kappa shape index (κ1) is 8.89. The highest BCUT2D eigenvalue weighted by atomic mass is 16.6. The van der Waals surface area contributed by atoms with E-state index in [1.807, 2.05) is 0 Å². The fourth-order valence-electron chi connectivity index (χ4n) is 1.08. The molecule has 1 fully saturated rings. The summed E-state index contributed by atoms with van der Waals surface area (Å²) in [5.41, 5.74) is 5.37. The average Bonchev–Trinajstić information content (AvgIpc) is 1.97. The molecule has 0 amide bonds. The van der Waals surface area contributed by atoms with Crippen LogP contribution in [0.1, 0.15) is 6.42 Å². The Hall–Kier alpha value is -0.200. The normalized spacial score (nSPS) is 45.8. The van der Waals surface area contributed by atoms with Crippen LogP contribution in [0.15, 0.2) is 0 Å². The number of hydrogen-bond acceptors (Lipinski definition) is 5. The summed E-state index contributed by atoms with van der Waals surface area (Å²) in [6.07, 6.45) is -2.30. The molecule has 0 aromatic heterocycles. The van der Waals surface area contributed by atoms with Crippen molar-refractivity contribution in [1.82, 2.24) is 0 Å². The minimum absolute atomic E-state index is 0.256. The maximum Gasteiger partial charge on any atom is 0.170 e. The number of nitrogens with two attached hydrogens (primary N) is 1. The van der Waals surface area contributed by atoms with Gasteiger partial charge >= 0.3 is 0 Å². The molecule has 4 atom stereocenters. The summed E-state index contributed by atoms with van der Waals surface area (Å²) < 4.78 is 4.79. The molecule has 1 aliphatic rings. The summed E-state index contributed by atoms with van der Waals surface area (Å²) in [7, 11) is 0. The Morgan fingerprint density at radius 2 is 2.09 bits per heavy atom. The molecule has 0 aliphatic carbocycles. The SMILES string of the molecule is N[C@H]1C[C@@H](O)[C@H](CO)O[C@@H]1O. The summed E-state index contributed by atoms with van der Waals surface area (Å²) in [6, 6.07) is -0.562. The first-order valence-electron chi connectivity index (χ1n) is 3.53. The van der Waals surface area contributed by atoms with Gasteiger partial charge < -0.3 is 25.8 Å². The van der Waals surface area contributed by atoms with Gasteiger partial charge in [0.2, 0.25) is 0 Å².